The van der Waals surface area contributed by atoms with Gasteiger partial charge in [0.05, 0.1) is 23.8 Å². The third-order valence-corrected chi connectivity index (χ3v) is 6.84. The molecule has 0 aliphatic carbocycles. The number of rotatable bonds is 6. The first-order valence-corrected chi connectivity index (χ1v) is 12.4. The number of halogens is 6. The molecule has 0 spiro atoms. The van der Waals surface area contributed by atoms with E-state index in [0.29, 0.717) is 23.4 Å². The summed E-state index contributed by atoms with van der Waals surface area (Å²) in [7, 11) is 1.47. The van der Waals surface area contributed by atoms with E-state index >= 15 is 0 Å². The molecule has 1 aliphatic heterocycles. The topological polar surface area (TPSA) is 85.3 Å². The molecule has 1 fully saturated rings. The number of ether oxygens (including phenoxy) is 1. The van der Waals surface area contributed by atoms with Crippen molar-refractivity contribution in [3.8, 4) is 5.75 Å². The molecule has 8 nitrogen and oxygen atoms in total. The number of carbonyl (C=O) groups is 2. The van der Waals surface area contributed by atoms with Crippen molar-refractivity contribution in [2.24, 2.45) is 0 Å². The van der Waals surface area contributed by atoms with Gasteiger partial charge in [0.1, 0.15) is 5.75 Å². The van der Waals surface area contributed by atoms with E-state index < -0.39 is 47.2 Å². The summed E-state index contributed by atoms with van der Waals surface area (Å²) in [5, 5.41) is 13.4. The third-order valence-electron chi connectivity index (χ3n) is 6.84. The Bertz CT molecular complexity index is 1460. The molecule has 224 valence electrons. The van der Waals surface area contributed by atoms with Crippen molar-refractivity contribution in [2.45, 2.75) is 44.4 Å². The molecule has 2 N–H and O–H groups in total. The van der Waals surface area contributed by atoms with Gasteiger partial charge in [-0.1, -0.05) is 24.3 Å². The summed E-state index contributed by atoms with van der Waals surface area (Å²) < 4.78 is 85.3. The average Bonchev–Trinajstić information content (AvgIpc) is 3.12. The highest BCUT2D eigenvalue weighted by Gasteiger charge is 2.56. The number of nitrogens with zero attached hydrogens (tertiary/aromatic N) is 3. The van der Waals surface area contributed by atoms with Crippen molar-refractivity contribution in [1.29, 1.82) is 0 Å². The Kier molecular flexibility index (Phi) is 8.05. The van der Waals surface area contributed by atoms with Gasteiger partial charge in [-0.25, -0.2) is 9.59 Å². The Morgan fingerprint density at radius 2 is 1.52 bits per heavy atom. The fourth-order valence-electron chi connectivity index (χ4n) is 4.68. The fraction of sp³-hybridized carbons (Fsp3) is 0.286. The van der Waals surface area contributed by atoms with Crippen LogP contribution in [0.15, 0.2) is 72.8 Å². The van der Waals surface area contributed by atoms with Gasteiger partial charge in [0.15, 0.2) is 6.17 Å². The summed E-state index contributed by atoms with van der Waals surface area (Å²) in [6.07, 6.45) is -11.1. The smallest absolute Gasteiger partial charge is 0.416 e. The largest absolute Gasteiger partial charge is 0.497 e. The molecule has 3 aromatic carbocycles. The lowest BCUT2D eigenvalue weighted by Gasteiger charge is -2.38. The number of carbonyl (C=O) groups excluding carboxylic acids is 2. The lowest BCUT2D eigenvalue weighted by molar-refractivity contribution is -0.138. The fourth-order valence-corrected chi connectivity index (χ4v) is 4.68. The maximum absolute atomic E-state index is 13.8. The Hall–Kier alpha value is -4.46. The molecule has 0 aromatic heterocycles. The number of benzene rings is 3. The average molecular weight is 597 g/mol. The van der Waals surface area contributed by atoms with Crippen LogP contribution in [-0.2, 0) is 18.9 Å². The zero-order chi connectivity index (χ0) is 31.0. The van der Waals surface area contributed by atoms with Crippen molar-refractivity contribution in [1.82, 2.24) is 9.96 Å². The molecule has 1 heterocycles. The minimum Gasteiger partial charge on any atom is -0.497 e. The summed E-state index contributed by atoms with van der Waals surface area (Å²) >= 11 is 0. The number of amides is 4. The Morgan fingerprint density at radius 3 is 2.10 bits per heavy atom. The highest BCUT2D eigenvalue weighted by molar-refractivity contribution is 5.98. The molecular weight excluding hydrogens is 570 g/mol. The van der Waals surface area contributed by atoms with Crippen LogP contribution >= 0.6 is 0 Å². The van der Waals surface area contributed by atoms with Crippen LogP contribution in [0.1, 0.15) is 30.5 Å². The number of hydroxylamine groups is 2. The van der Waals surface area contributed by atoms with Gasteiger partial charge in [-0.05, 0) is 67.9 Å². The van der Waals surface area contributed by atoms with Gasteiger partial charge in [0.2, 0.25) is 0 Å². The summed E-state index contributed by atoms with van der Waals surface area (Å²) in [6.45, 7) is 2.92. The van der Waals surface area contributed by atoms with Crippen LogP contribution in [0, 0.1) is 0 Å². The van der Waals surface area contributed by atoms with Crippen molar-refractivity contribution in [3.63, 3.8) is 0 Å². The van der Waals surface area contributed by atoms with E-state index in [9.17, 15) is 41.1 Å². The number of anilines is 2. The van der Waals surface area contributed by atoms with Gasteiger partial charge in [-0.3, -0.25) is 10.1 Å². The number of hydrogen-bond donors (Lipinski definition) is 2. The summed E-state index contributed by atoms with van der Waals surface area (Å²) in [4.78, 5) is 29.0. The minimum absolute atomic E-state index is 0.0646. The van der Waals surface area contributed by atoms with Gasteiger partial charge >= 0.3 is 24.4 Å². The maximum atomic E-state index is 13.8. The van der Waals surface area contributed by atoms with E-state index in [-0.39, 0.29) is 23.0 Å². The minimum atomic E-state index is -4.76. The number of urea groups is 2. The molecule has 1 saturated heterocycles. The van der Waals surface area contributed by atoms with Crippen molar-refractivity contribution >= 4 is 23.4 Å². The monoisotopic (exact) mass is 596 g/mol. The van der Waals surface area contributed by atoms with Crippen LogP contribution in [-0.4, -0.2) is 46.0 Å². The van der Waals surface area contributed by atoms with Crippen molar-refractivity contribution in [2.75, 3.05) is 17.3 Å². The highest BCUT2D eigenvalue weighted by atomic mass is 19.4. The molecule has 0 radical (unpaired) electrons. The normalized spacial score (nSPS) is 16.9. The molecule has 1 aliphatic rings. The molecule has 0 bridgehead atoms. The van der Waals surface area contributed by atoms with Crippen LogP contribution in [0.25, 0.3) is 0 Å². The van der Waals surface area contributed by atoms with Crippen LogP contribution in [0.5, 0.6) is 5.75 Å². The number of methoxy groups -OCH3 is 1. The molecule has 4 amide bonds. The first-order valence-electron chi connectivity index (χ1n) is 12.4. The lowest BCUT2D eigenvalue weighted by atomic mass is 9.99. The zero-order valence-corrected chi connectivity index (χ0v) is 22.5. The van der Waals surface area contributed by atoms with Gasteiger partial charge in [0, 0.05) is 17.9 Å². The van der Waals surface area contributed by atoms with Gasteiger partial charge in [0.25, 0.3) is 0 Å². The molecule has 4 rings (SSSR count). The van der Waals surface area contributed by atoms with Gasteiger partial charge < -0.3 is 15.0 Å². The quantitative estimate of drug-likeness (QED) is 0.179. The third kappa shape index (κ3) is 6.08. The molecule has 42 heavy (non-hydrogen) atoms. The Morgan fingerprint density at radius 1 is 0.952 bits per heavy atom. The second-order valence-electron chi connectivity index (χ2n) is 10.0. The maximum Gasteiger partial charge on any atom is 0.416 e. The number of hydrogen-bond acceptors (Lipinski definition) is 4. The predicted molar refractivity (Wildman–Crippen MR) is 140 cm³/mol. The van der Waals surface area contributed by atoms with E-state index in [1.807, 2.05) is 0 Å². The molecule has 0 unspecified atom stereocenters. The van der Waals surface area contributed by atoms with E-state index in [1.54, 1.807) is 24.3 Å². The second-order valence-corrected chi connectivity index (χ2v) is 10.0. The van der Waals surface area contributed by atoms with E-state index in [1.165, 1.54) is 31.9 Å². The Balaban J connectivity index is 1.73. The van der Waals surface area contributed by atoms with Crippen LogP contribution in [0.3, 0.4) is 0 Å². The van der Waals surface area contributed by atoms with Crippen LogP contribution in [0.2, 0.25) is 0 Å². The van der Waals surface area contributed by atoms with Gasteiger partial charge in [-0.15, -0.1) is 0 Å². The SMILES string of the molecule is COc1ccc(CN2C(=O)N(c3cccc(C(F)(F)F)c3)[C@H](N(O)C(=O)Nc3cccc(C(F)(F)F)c3)C2(C)C)cc1. The molecule has 0 saturated carbocycles. The first kappa shape index (κ1) is 30.5. The van der Waals surface area contributed by atoms with Gasteiger partial charge in [-0.2, -0.15) is 31.4 Å². The van der Waals surface area contributed by atoms with Crippen molar-refractivity contribution in [3.05, 3.63) is 89.5 Å². The summed E-state index contributed by atoms with van der Waals surface area (Å²) in [5.41, 5.74) is -3.54. The number of alkyl halides is 6. The summed E-state index contributed by atoms with van der Waals surface area (Å²) in [6, 6.07) is 11.9. The van der Waals surface area contributed by atoms with Crippen molar-refractivity contribution < 1.29 is 45.9 Å². The molecule has 1 atom stereocenters. The van der Waals surface area contributed by atoms with E-state index in [0.717, 1.165) is 35.2 Å². The van der Waals surface area contributed by atoms with Crippen LogP contribution in [0.4, 0.5) is 47.3 Å². The predicted octanol–water partition coefficient (Wildman–Crippen LogP) is 7.20. The lowest BCUT2D eigenvalue weighted by Crippen LogP contribution is -2.58. The standard InChI is InChI=1S/C28H26F6N4O4/c1-26(2)23(38(41)24(39)35-20-8-4-6-18(14-20)27(29,30)31)37(21-9-5-7-19(15-21)28(32,33)34)25(40)36(26)16-17-10-12-22(42-3)13-11-17/h4-15,23,41H,16H2,1-3H3,(H,35,39)/t23-/m1/s1. The zero-order valence-electron chi connectivity index (χ0n) is 22.5. The summed E-state index contributed by atoms with van der Waals surface area (Å²) in [5.74, 6) is 0.544. The molecular formula is C28H26F6N4O4. The highest BCUT2D eigenvalue weighted by Crippen LogP contribution is 2.41. The number of nitrogens with one attached hydrogen (secondary N) is 1. The molecule has 14 heteroatoms. The van der Waals surface area contributed by atoms with Crippen LogP contribution < -0.4 is 15.0 Å². The first-order chi connectivity index (χ1) is 19.5. The van der Waals surface area contributed by atoms with E-state index in [4.69, 9.17) is 4.74 Å². The second kappa shape index (κ2) is 11.1. The van der Waals surface area contributed by atoms with E-state index in [2.05, 4.69) is 5.32 Å². The molecule has 3 aromatic rings. The Labute approximate surface area is 236 Å².